The second-order valence-electron chi connectivity index (χ2n) is 1.73. The zero-order chi connectivity index (χ0) is 5.58. The molecule has 0 unspecified atom stereocenters. The van der Waals surface area contributed by atoms with Crippen molar-refractivity contribution in [2.24, 2.45) is 5.92 Å². The second-order valence-corrected chi connectivity index (χ2v) is 1.73. The van der Waals surface area contributed by atoms with Gasteiger partial charge in [0.15, 0.2) is 0 Å². The Hall–Kier alpha value is 0.0649. The third kappa shape index (κ3) is 23800. The van der Waals surface area contributed by atoms with Gasteiger partial charge in [0, 0.05) is 8.41 Å². The van der Waals surface area contributed by atoms with Gasteiger partial charge in [0.2, 0.25) is 0 Å². The highest BCUT2D eigenvalue weighted by molar-refractivity contribution is 5.75. The molecule has 0 aromatic carbocycles. The maximum absolute atomic E-state index is 2.17. The SMILES string of the molecule is CC.CC(C)C.[B]. The quantitative estimate of drug-likeness (QED) is 0.409. The first-order valence-corrected chi connectivity index (χ1v) is 2.73. The van der Waals surface area contributed by atoms with Crippen LogP contribution < -0.4 is 0 Å². The summed E-state index contributed by atoms with van der Waals surface area (Å²) in [6.07, 6.45) is 0. The van der Waals surface area contributed by atoms with Gasteiger partial charge < -0.3 is 0 Å². The Morgan fingerprint density at radius 2 is 0.857 bits per heavy atom. The Bertz CT molecular complexity index is 8.90. The maximum Gasteiger partial charge on any atom is 0 e. The van der Waals surface area contributed by atoms with Gasteiger partial charge in [-0.3, -0.25) is 0 Å². The molecule has 0 aliphatic rings. The normalized spacial score (nSPS) is 6.00. The minimum absolute atomic E-state index is 0. The molecule has 0 nitrogen and oxygen atoms in total. The summed E-state index contributed by atoms with van der Waals surface area (Å²) < 4.78 is 0. The van der Waals surface area contributed by atoms with Crippen molar-refractivity contribution in [3.05, 3.63) is 0 Å². The summed E-state index contributed by atoms with van der Waals surface area (Å²) in [5.74, 6) is 0.833. The van der Waals surface area contributed by atoms with E-state index < -0.39 is 0 Å². The highest BCUT2D eigenvalue weighted by atomic mass is 13.7. The Balaban J connectivity index is -0.0000000480. The smallest absolute Gasteiger partial charge is 0 e. The molecule has 0 N–H and O–H groups in total. The summed E-state index contributed by atoms with van der Waals surface area (Å²) in [6.45, 7) is 10.5. The van der Waals surface area contributed by atoms with Crippen LogP contribution in [0.15, 0.2) is 0 Å². The van der Waals surface area contributed by atoms with Crippen LogP contribution in [0, 0.1) is 5.92 Å². The Morgan fingerprint density at radius 3 is 0.857 bits per heavy atom. The van der Waals surface area contributed by atoms with Crippen molar-refractivity contribution in [3.63, 3.8) is 0 Å². The monoisotopic (exact) mass is 99.1 g/mol. The van der Waals surface area contributed by atoms with Crippen LogP contribution in [0.4, 0.5) is 0 Å². The molecule has 0 bridgehead atoms. The van der Waals surface area contributed by atoms with Crippen molar-refractivity contribution in [2.75, 3.05) is 0 Å². The van der Waals surface area contributed by atoms with E-state index in [4.69, 9.17) is 0 Å². The molecule has 0 aliphatic carbocycles. The van der Waals surface area contributed by atoms with Crippen LogP contribution in [0.25, 0.3) is 0 Å². The fourth-order valence-corrected chi connectivity index (χ4v) is 0. The highest BCUT2D eigenvalue weighted by Crippen LogP contribution is 1.81. The maximum atomic E-state index is 2.17. The van der Waals surface area contributed by atoms with E-state index in [9.17, 15) is 0 Å². The molecule has 3 radical (unpaired) electrons. The van der Waals surface area contributed by atoms with E-state index in [0.717, 1.165) is 5.92 Å². The van der Waals surface area contributed by atoms with Crippen molar-refractivity contribution in [2.45, 2.75) is 34.6 Å². The lowest BCUT2D eigenvalue weighted by Gasteiger charge is -1.79. The molecule has 43 valence electrons. The number of hydrogen-bond donors (Lipinski definition) is 0. The highest BCUT2D eigenvalue weighted by Gasteiger charge is 1.68. The van der Waals surface area contributed by atoms with E-state index in [1.54, 1.807) is 0 Å². The Labute approximate surface area is 49.9 Å². The van der Waals surface area contributed by atoms with Crippen LogP contribution >= 0.6 is 0 Å². The predicted molar refractivity (Wildman–Crippen MR) is 37.6 cm³/mol. The molecule has 0 amide bonds. The van der Waals surface area contributed by atoms with Gasteiger partial charge in [-0.05, 0) is 5.92 Å². The predicted octanol–water partition coefficient (Wildman–Crippen LogP) is 2.31. The van der Waals surface area contributed by atoms with Crippen molar-refractivity contribution in [3.8, 4) is 0 Å². The van der Waals surface area contributed by atoms with Crippen LogP contribution in [-0.2, 0) is 0 Å². The molecule has 0 saturated heterocycles. The van der Waals surface area contributed by atoms with Crippen molar-refractivity contribution >= 4 is 8.41 Å². The van der Waals surface area contributed by atoms with Crippen LogP contribution in [0.5, 0.6) is 0 Å². The molecular formula is C6H16B. The average Bonchev–Trinajstić information content (AvgIpc) is 1.41. The summed E-state index contributed by atoms with van der Waals surface area (Å²) >= 11 is 0. The molecule has 0 saturated carbocycles. The summed E-state index contributed by atoms with van der Waals surface area (Å²) in [5, 5.41) is 0. The minimum atomic E-state index is 0. The van der Waals surface area contributed by atoms with Crippen molar-refractivity contribution < 1.29 is 0 Å². The molecule has 0 spiro atoms. The minimum Gasteiger partial charge on any atom is -0.0683 e. The first kappa shape index (κ1) is 15.7. The lowest BCUT2D eigenvalue weighted by molar-refractivity contribution is 0.737. The van der Waals surface area contributed by atoms with Crippen LogP contribution in [-0.4, -0.2) is 8.41 Å². The van der Waals surface area contributed by atoms with E-state index in [1.807, 2.05) is 13.8 Å². The van der Waals surface area contributed by atoms with Gasteiger partial charge in [0.05, 0.1) is 0 Å². The lowest BCUT2D eigenvalue weighted by atomic mass is 10.3. The fraction of sp³-hybridized carbons (Fsp3) is 1.00. The van der Waals surface area contributed by atoms with E-state index in [1.165, 1.54) is 0 Å². The molecule has 0 aromatic heterocycles. The van der Waals surface area contributed by atoms with Gasteiger partial charge in [-0.15, -0.1) is 0 Å². The zero-order valence-electron chi connectivity index (χ0n) is 6.15. The van der Waals surface area contributed by atoms with Gasteiger partial charge in [0.1, 0.15) is 0 Å². The second kappa shape index (κ2) is 16.6. The van der Waals surface area contributed by atoms with E-state index in [0.29, 0.717) is 0 Å². The third-order valence-electron chi connectivity index (χ3n) is 0. The molecule has 1 heteroatoms. The molecule has 0 aliphatic heterocycles. The fourth-order valence-electron chi connectivity index (χ4n) is 0. The molecule has 0 atom stereocenters. The zero-order valence-corrected chi connectivity index (χ0v) is 6.15. The lowest BCUT2D eigenvalue weighted by Crippen LogP contribution is -1.66. The molecule has 0 aromatic rings. The Kier molecular flexibility index (Phi) is 37.2. The molecule has 0 fully saturated rings. The topological polar surface area (TPSA) is 0 Å². The number of hydrogen-bond acceptors (Lipinski definition) is 0. The van der Waals surface area contributed by atoms with E-state index in [2.05, 4.69) is 20.8 Å². The largest absolute Gasteiger partial charge is 0.0683 e. The third-order valence-corrected chi connectivity index (χ3v) is 0. The van der Waals surface area contributed by atoms with Gasteiger partial charge in [-0.2, -0.15) is 0 Å². The van der Waals surface area contributed by atoms with E-state index in [-0.39, 0.29) is 8.41 Å². The average molecular weight is 99.0 g/mol. The number of rotatable bonds is 0. The molecule has 0 rings (SSSR count). The Morgan fingerprint density at radius 1 is 0.857 bits per heavy atom. The molecular weight excluding hydrogens is 82.9 g/mol. The summed E-state index contributed by atoms with van der Waals surface area (Å²) in [6, 6.07) is 0. The van der Waals surface area contributed by atoms with Crippen molar-refractivity contribution in [1.29, 1.82) is 0 Å². The summed E-state index contributed by atoms with van der Waals surface area (Å²) in [4.78, 5) is 0. The van der Waals surface area contributed by atoms with Crippen LogP contribution in [0.2, 0.25) is 0 Å². The van der Waals surface area contributed by atoms with Crippen LogP contribution in [0.1, 0.15) is 34.6 Å². The van der Waals surface area contributed by atoms with Crippen LogP contribution in [0.3, 0.4) is 0 Å². The van der Waals surface area contributed by atoms with Gasteiger partial charge in [0.25, 0.3) is 0 Å². The van der Waals surface area contributed by atoms with Gasteiger partial charge >= 0.3 is 0 Å². The molecule has 0 heterocycles. The summed E-state index contributed by atoms with van der Waals surface area (Å²) in [5.41, 5.74) is 0. The van der Waals surface area contributed by atoms with E-state index >= 15 is 0 Å². The van der Waals surface area contributed by atoms with Gasteiger partial charge in [-0.1, -0.05) is 34.6 Å². The first-order valence-electron chi connectivity index (χ1n) is 2.73. The van der Waals surface area contributed by atoms with Gasteiger partial charge in [-0.25, -0.2) is 0 Å². The van der Waals surface area contributed by atoms with Crippen molar-refractivity contribution in [1.82, 2.24) is 0 Å². The summed E-state index contributed by atoms with van der Waals surface area (Å²) in [7, 11) is 0. The first-order chi connectivity index (χ1) is 2.73. The standard InChI is InChI=1S/C4H10.C2H6.B/c1-4(2)3;1-2;/h4H,1-3H3;1-2H3;. The molecule has 7 heavy (non-hydrogen) atoms.